The first-order valence-corrected chi connectivity index (χ1v) is 5.68. The van der Waals surface area contributed by atoms with Gasteiger partial charge in [-0.1, -0.05) is 0 Å². The van der Waals surface area contributed by atoms with Crippen LogP contribution in [-0.2, 0) is 4.74 Å². The maximum atomic E-state index is 5.86. The van der Waals surface area contributed by atoms with Gasteiger partial charge in [0.1, 0.15) is 0 Å². The lowest BCUT2D eigenvalue weighted by Crippen LogP contribution is -2.42. The number of rotatable bonds is 0. The zero-order valence-electron chi connectivity index (χ0n) is 8.46. The zero-order valence-corrected chi connectivity index (χ0v) is 8.46. The quantitative estimate of drug-likeness (QED) is 0.565. The van der Waals surface area contributed by atoms with Crippen LogP contribution in [0, 0.1) is 0 Å². The lowest BCUT2D eigenvalue weighted by Gasteiger charge is -2.33. The van der Waals surface area contributed by atoms with Gasteiger partial charge < -0.3 is 4.74 Å². The van der Waals surface area contributed by atoms with E-state index in [9.17, 15) is 0 Å². The van der Waals surface area contributed by atoms with Crippen LogP contribution < -0.4 is 0 Å². The molecule has 0 spiro atoms. The van der Waals surface area contributed by atoms with Crippen LogP contribution in [0.4, 0.5) is 0 Å². The summed E-state index contributed by atoms with van der Waals surface area (Å²) in [4.78, 5) is 2.73. The van der Waals surface area contributed by atoms with Crippen LogP contribution in [0.5, 0.6) is 0 Å². The smallest absolute Gasteiger partial charge is 0.0747 e. The summed E-state index contributed by atoms with van der Waals surface area (Å²) in [5, 5.41) is 0. The molecule has 2 nitrogen and oxygen atoms in total. The van der Waals surface area contributed by atoms with Gasteiger partial charge in [-0.15, -0.1) is 0 Å². The molecule has 74 valence electrons. The molecule has 3 atom stereocenters. The van der Waals surface area contributed by atoms with Crippen molar-refractivity contribution in [3.8, 4) is 0 Å². The van der Waals surface area contributed by atoms with E-state index in [4.69, 9.17) is 4.74 Å². The largest absolute Gasteiger partial charge is 0.377 e. The normalized spacial score (nSPS) is 50.5. The first-order valence-electron chi connectivity index (χ1n) is 5.68. The van der Waals surface area contributed by atoms with E-state index in [-0.39, 0.29) is 0 Å². The fourth-order valence-electron chi connectivity index (χ4n) is 3.64. The van der Waals surface area contributed by atoms with Crippen molar-refractivity contribution in [2.24, 2.45) is 0 Å². The molecule has 3 rings (SSSR count). The third kappa shape index (κ3) is 1.08. The van der Waals surface area contributed by atoms with E-state index >= 15 is 0 Å². The molecule has 3 aliphatic heterocycles. The number of hydrogen-bond acceptors (Lipinski definition) is 2. The SMILES string of the molecule is CC12CCCN1C1CCCOC1C2. The summed E-state index contributed by atoms with van der Waals surface area (Å²) in [5.41, 5.74) is 0.500. The molecular formula is C11H19NO. The van der Waals surface area contributed by atoms with Gasteiger partial charge in [-0.3, -0.25) is 4.90 Å². The molecule has 0 radical (unpaired) electrons. The Kier molecular flexibility index (Phi) is 1.72. The minimum atomic E-state index is 0.500. The van der Waals surface area contributed by atoms with Crippen molar-refractivity contribution in [2.75, 3.05) is 13.2 Å². The Morgan fingerprint density at radius 3 is 3.23 bits per heavy atom. The lowest BCUT2D eigenvalue weighted by atomic mass is 9.94. The fourth-order valence-corrected chi connectivity index (χ4v) is 3.64. The second kappa shape index (κ2) is 2.71. The van der Waals surface area contributed by atoms with Crippen LogP contribution in [0.2, 0.25) is 0 Å². The highest BCUT2D eigenvalue weighted by Crippen LogP contribution is 2.45. The van der Waals surface area contributed by atoms with Crippen LogP contribution in [0.3, 0.4) is 0 Å². The predicted octanol–water partition coefficient (Wildman–Crippen LogP) is 1.79. The molecule has 0 aromatic rings. The van der Waals surface area contributed by atoms with Crippen molar-refractivity contribution in [2.45, 2.75) is 56.7 Å². The minimum Gasteiger partial charge on any atom is -0.377 e. The highest BCUT2D eigenvalue weighted by Gasteiger charge is 2.51. The summed E-state index contributed by atoms with van der Waals surface area (Å²) in [6.07, 6.45) is 7.30. The predicted molar refractivity (Wildman–Crippen MR) is 51.7 cm³/mol. The van der Waals surface area contributed by atoms with Crippen LogP contribution >= 0.6 is 0 Å². The summed E-state index contributed by atoms with van der Waals surface area (Å²) in [6.45, 7) is 4.76. The molecule has 3 fully saturated rings. The van der Waals surface area contributed by atoms with E-state index in [1.807, 2.05) is 0 Å². The summed E-state index contributed by atoms with van der Waals surface area (Å²) < 4.78 is 5.86. The first kappa shape index (κ1) is 8.25. The maximum Gasteiger partial charge on any atom is 0.0747 e. The Morgan fingerprint density at radius 1 is 1.38 bits per heavy atom. The maximum absolute atomic E-state index is 5.86. The summed E-state index contributed by atoms with van der Waals surface area (Å²) >= 11 is 0. The summed E-state index contributed by atoms with van der Waals surface area (Å²) in [6, 6.07) is 0.765. The van der Waals surface area contributed by atoms with Gasteiger partial charge in [-0.25, -0.2) is 0 Å². The molecule has 0 aromatic heterocycles. The van der Waals surface area contributed by atoms with Gasteiger partial charge in [0, 0.05) is 18.2 Å². The molecule has 3 heterocycles. The second-order valence-electron chi connectivity index (χ2n) is 5.12. The van der Waals surface area contributed by atoms with E-state index in [0.29, 0.717) is 11.6 Å². The fraction of sp³-hybridized carbons (Fsp3) is 1.00. The topological polar surface area (TPSA) is 12.5 Å². The van der Waals surface area contributed by atoms with Crippen molar-refractivity contribution in [3.05, 3.63) is 0 Å². The Labute approximate surface area is 80.2 Å². The van der Waals surface area contributed by atoms with Crippen molar-refractivity contribution < 1.29 is 4.74 Å². The van der Waals surface area contributed by atoms with Crippen molar-refractivity contribution >= 4 is 0 Å². The van der Waals surface area contributed by atoms with E-state index in [2.05, 4.69) is 11.8 Å². The molecule has 13 heavy (non-hydrogen) atoms. The molecular weight excluding hydrogens is 162 g/mol. The molecule has 0 aliphatic carbocycles. The number of fused-ring (bicyclic) bond motifs is 3. The highest BCUT2D eigenvalue weighted by atomic mass is 16.5. The van der Waals surface area contributed by atoms with E-state index in [0.717, 1.165) is 12.6 Å². The molecule has 3 aliphatic rings. The zero-order chi connectivity index (χ0) is 8.89. The summed E-state index contributed by atoms with van der Waals surface area (Å²) in [7, 11) is 0. The Bertz CT molecular complexity index is 218. The van der Waals surface area contributed by atoms with Crippen LogP contribution in [0.25, 0.3) is 0 Å². The average molecular weight is 181 g/mol. The third-order valence-electron chi connectivity index (χ3n) is 4.25. The molecule has 0 aromatic carbocycles. The number of ether oxygens (including phenoxy) is 1. The van der Waals surface area contributed by atoms with Crippen molar-refractivity contribution in [3.63, 3.8) is 0 Å². The molecule has 0 N–H and O–H groups in total. The molecule has 0 amide bonds. The monoisotopic (exact) mass is 181 g/mol. The second-order valence-corrected chi connectivity index (χ2v) is 5.12. The Balaban J connectivity index is 1.86. The van der Waals surface area contributed by atoms with Gasteiger partial charge >= 0.3 is 0 Å². The Hall–Kier alpha value is -0.0800. The van der Waals surface area contributed by atoms with Crippen molar-refractivity contribution in [1.82, 2.24) is 4.90 Å². The standard InChI is InChI=1S/C11H19NO/c1-11-5-3-6-12(11)9-4-2-7-13-10(9)8-11/h9-10H,2-8H2,1H3. The lowest BCUT2D eigenvalue weighted by molar-refractivity contribution is -0.0108. The number of hydrogen-bond donors (Lipinski definition) is 0. The van der Waals surface area contributed by atoms with Crippen LogP contribution in [0.1, 0.15) is 39.0 Å². The number of nitrogens with zero attached hydrogens (tertiary/aromatic N) is 1. The van der Waals surface area contributed by atoms with Crippen LogP contribution in [0.15, 0.2) is 0 Å². The van der Waals surface area contributed by atoms with E-state index < -0.39 is 0 Å². The third-order valence-corrected chi connectivity index (χ3v) is 4.25. The van der Waals surface area contributed by atoms with Gasteiger partial charge in [0.25, 0.3) is 0 Å². The molecule has 0 saturated carbocycles. The van der Waals surface area contributed by atoms with Crippen LogP contribution in [-0.4, -0.2) is 35.7 Å². The van der Waals surface area contributed by atoms with Crippen molar-refractivity contribution in [1.29, 1.82) is 0 Å². The molecule has 3 saturated heterocycles. The highest BCUT2D eigenvalue weighted by molar-refractivity contribution is 5.06. The van der Waals surface area contributed by atoms with Gasteiger partial charge in [0.2, 0.25) is 0 Å². The van der Waals surface area contributed by atoms with Gasteiger partial charge in [-0.2, -0.15) is 0 Å². The Morgan fingerprint density at radius 2 is 2.31 bits per heavy atom. The van der Waals surface area contributed by atoms with Gasteiger partial charge in [0.15, 0.2) is 0 Å². The van der Waals surface area contributed by atoms with E-state index in [1.165, 1.54) is 38.6 Å². The molecule has 0 bridgehead atoms. The van der Waals surface area contributed by atoms with Gasteiger partial charge in [0.05, 0.1) is 6.10 Å². The average Bonchev–Trinajstić information content (AvgIpc) is 2.58. The van der Waals surface area contributed by atoms with E-state index in [1.54, 1.807) is 0 Å². The first-order chi connectivity index (χ1) is 6.30. The van der Waals surface area contributed by atoms with Gasteiger partial charge in [-0.05, 0) is 45.6 Å². The minimum absolute atomic E-state index is 0.500. The summed E-state index contributed by atoms with van der Waals surface area (Å²) in [5.74, 6) is 0. The molecule has 2 heteroatoms. The molecule has 3 unspecified atom stereocenters.